The van der Waals surface area contributed by atoms with Crippen LogP contribution in [0.5, 0.6) is 0 Å². The van der Waals surface area contributed by atoms with E-state index in [-0.39, 0.29) is 0 Å². The SMILES string of the molecule is CN(C[C@@H]1CCCN(C)[C@H]1c1cncn1C)C(=O)CC1CCC1. The molecular weight excluding hydrogens is 288 g/mol. The minimum absolute atomic E-state index is 0.326. The molecule has 2 aliphatic rings. The Labute approximate surface area is 139 Å². The normalized spacial score (nSPS) is 26.0. The molecule has 128 valence electrons. The molecule has 1 aliphatic heterocycles. The number of piperidine rings is 1. The summed E-state index contributed by atoms with van der Waals surface area (Å²) in [5.74, 6) is 1.46. The summed E-state index contributed by atoms with van der Waals surface area (Å²) in [6.45, 7) is 1.97. The molecule has 0 unspecified atom stereocenters. The minimum Gasteiger partial charge on any atom is -0.345 e. The largest absolute Gasteiger partial charge is 0.345 e. The van der Waals surface area contributed by atoms with Crippen molar-refractivity contribution in [3.05, 3.63) is 18.2 Å². The molecule has 0 N–H and O–H groups in total. The first-order valence-electron chi connectivity index (χ1n) is 8.96. The Hall–Kier alpha value is -1.36. The molecule has 0 spiro atoms. The highest BCUT2D eigenvalue weighted by molar-refractivity contribution is 5.76. The maximum absolute atomic E-state index is 12.5. The van der Waals surface area contributed by atoms with Crippen molar-refractivity contribution in [1.29, 1.82) is 0 Å². The zero-order chi connectivity index (χ0) is 16.4. The van der Waals surface area contributed by atoms with Gasteiger partial charge in [0.1, 0.15) is 0 Å². The van der Waals surface area contributed by atoms with E-state index in [0.29, 0.717) is 23.8 Å². The fourth-order valence-electron chi connectivity index (χ4n) is 4.12. The summed E-state index contributed by atoms with van der Waals surface area (Å²) in [6, 6.07) is 0.357. The molecule has 1 aliphatic carbocycles. The Balaban J connectivity index is 1.66. The van der Waals surface area contributed by atoms with Crippen molar-refractivity contribution in [3.8, 4) is 0 Å². The Kier molecular flexibility index (Phi) is 5.05. The molecule has 1 saturated heterocycles. The summed E-state index contributed by atoms with van der Waals surface area (Å²) < 4.78 is 2.12. The highest BCUT2D eigenvalue weighted by Gasteiger charge is 2.34. The highest BCUT2D eigenvalue weighted by atomic mass is 16.2. The maximum atomic E-state index is 12.5. The van der Waals surface area contributed by atoms with E-state index in [1.54, 1.807) is 0 Å². The van der Waals surface area contributed by atoms with Crippen LogP contribution in [0.3, 0.4) is 0 Å². The first-order valence-corrected chi connectivity index (χ1v) is 8.96. The molecule has 0 aromatic carbocycles. The van der Waals surface area contributed by atoms with E-state index in [9.17, 15) is 4.79 Å². The third kappa shape index (κ3) is 3.60. The van der Waals surface area contributed by atoms with E-state index in [1.807, 2.05) is 24.5 Å². The summed E-state index contributed by atoms with van der Waals surface area (Å²) in [7, 11) is 6.24. The van der Waals surface area contributed by atoms with Crippen LogP contribution in [0, 0.1) is 11.8 Å². The lowest BCUT2D eigenvalue weighted by Gasteiger charge is -2.41. The maximum Gasteiger partial charge on any atom is 0.222 e. The van der Waals surface area contributed by atoms with Crippen molar-refractivity contribution in [3.63, 3.8) is 0 Å². The molecule has 2 heterocycles. The second-order valence-electron chi connectivity index (χ2n) is 7.53. The van der Waals surface area contributed by atoms with E-state index in [1.165, 1.54) is 37.8 Å². The number of rotatable bonds is 5. The summed E-state index contributed by atoms with van der Waals surface area (Å²) in [5.41, 5.74) is 1.26. The monoisotopic (exact) mass is 318 g/mol. The van der Waals surface area contributed by atoms with Crippen LogP contribution in [0.1, 0.15) is 50.3 Å². The second kappa shape index (κ2) is 7.04. The number of amides is 1. The molecule has 0 radical (unpaired) electrons. The van der Waals surface area contributed by atoms with Gasteiger partial charge in [0, 0.05) is 33.3 Å². The van der Waals surface area contributed by atoms with Gasteiger partial charge in [-0.15, -0.1) is 0 Å². The summed E-state index contributed by atoms with van der Waals surface area (Å²) >= 11 is 0. The van der Waals surface area contributed by atoms with E-state index in [0.717, 1.165) is 19.5 Å². The topological polar surface area (TPSA) is 41.4 Å². The molecule has 1 amide bonds. The van der Waals surface area contributed by atoms with Gasteiger partial charge in [-0.25, -0.2) is 4.98 Å². The fraction of sp³-hybridized carbons (Fsp3) is 0.778. The van der Waals surface area contributed by atoms with Crippen LogP contribution in [0.4, 0.5) is 0 Å². The number of hydrogen-bond acceptors (Lipinski definition) is 3. The zero-order valence-corrected chi connectivity index (χ0v) is 14.7. The van der Waals surface area contributed by atoms with Gasteiger partial charge >= 0.3 is 0 Å². The number of carbonyl (C=O) groups excluding carboxylic acids is 1. The minimum atomic E-state index is 0.326. The van der Waals surface area contributed by atoms with Crippen molar-refractivity contribution >= 4 is 5.91 Å². The second-order valence-corrected chi connectivity index (χ2v) is 7.53. The van der Waals surface area contributed by atoms with Crippen LogP contribution >= 0.6 is 0 Å². The van der Waals surface area contributed by atoms with Crippen LogP contribution in [-0.2, 0) is 11.8 Å². The van der Waals surface area contributed by atoms with Crippen molar-refractivity contribution in [2.75, 3.05) is 27.2 Å². The van der Waals surface area contributed by atoms with Gasteiger partial charge in [-0.2, -0.15) is 0 Å². The van der Waals surface area contributed by atoms with Gasteiger partial charge in [0.2, 0.25) is 5.91 Å². The molecule has 5 nitrogen and oxygen atoms in total. The summed E-state index contributed by atoms with van der Waals surface area (Å²) in [5, 5.41) is 0. The molecule has 2 atom stereocenters. The molecule has 1 aromatic rings. The van der Waals surface area contributed by atoms with Gasteiger partial charge in [-0.3, -0.25) is 9.69 Å². The Morgan fingerprint density at radius 1 is 1.30 bits per heavy atom. The van der Waals surface area contributed by atoms with Gasteiger partial charge in [0.15, 0.2) is 0 Å². The van der Waals surface area contributed by atoms with E-state index in [2.05, 4.69) is 28.5 Å². The quantitative estimate of drug-likeness (QED) is 0.837. The molecule has 23 heavy (non-hydrogen) atoms. The van der Waals surface area contributed by atoms with E-state index < -0.39 is 0 Å². The van der Waals surface area contributed by atoms with Gasteiger partial charge < -0.3 is 9.47 Å². The Morgan fingerprint density at radius 2 is 2.09 bits per heavy atom. The molecule has 0 bridgehead atoms. The van der Waals surface area contributed by atoms with Crippen molar-refractivity contribution < 1.29 is 4.79 Å². The van der Waals surface area contributed by atoms with Crippen molar-refractivity contribution in [2.24, 2.45) is 18.9 Å². The third-order valence-corrected chi connectivity index (χ3v) is 5.79. The molecule has 1 aromatic heterocycles. The average Bonchev–Trinajstić information content (AvgIpc) is 2.88. The average molecular weight is 318 g/mol. The van der Waals surface area contributed by atoms with Crippen LogP contribution in [0.2, 0.25) is 0 Å². The van der Waals surface area contributed by atoms with Crippen LogP contribution in [0.25, 0.3) is 0 Å². The smallest absolute Gasteiger partial charge is 0.222 e. The Morgan fingerprint density at radius 3 is 2.70 bits per heavy atom. The van der Waals surface area contributed by atoms with Crippen LogP contribution in [0.15, 0.2) is 12.5 Å². The molecule has 5 heteroatoms. The van der Waals surface area contributed by atoms with Gasteiger partial charge in [-0.05, 0) is 51.1 Å². The lowest BCUT2D eigenvalue weighted by atomic mass is 9.82. The lowest BCUT2D eigenvalue weighted by molar-refractivity contribution is -0.132. The molecule has 3 rings (SSSR count). The summed E-state index contributed by atoms with van der Waals surface area (Å²) in [4.78, 5) is 21.2. The predicted octanol–water partition coefficient (Wildman–Crippen LogP) is 2.45. The lowest BCUT2D eigenvalue weighted by Crippen LogP contribution is -2.43. The molecule has 1 saturated carbocycles. The molecule has 2 fully saturated rings. The van der Waals surface area contributed by atoms with Crippen LogP contribution < -0.4 is 0 Å². The molecular formula is C18H30N4O. The third-order valence-electron chi connectivity index (χ3n) is 5.79. The zero-order valence-electron chi connectivity index (χ0n) is 14.7. The van der Waals surface area contributed by atoms with Gasteiger partial charge in [0.05, 0.1) is 18.1 Å². The van der Waals surface area contributed by atoms with Crippen molar-refractivity contribution in [1.82, 2.24) is 19.4 Å². The van der Waals surface area contributed by atoms with Crippen LogP contribution in [-0.4, -0.2) is 52.4 Å². The number of nitrogens with zero attached hydrogens (tertiary/aromatic N) is 4. The number of aromatic nitrogens is 2. The van der Waals surface area contributed by atoms with Crippen molar-refractivity contribution in [2.45, 2.75) is 44.6 Å². The number of likely N-dealkylation sites (tertiary alicyclic amines) is 1. The number of imidazole rings is 1. The first kappa shape index (κ1) is 16.5. The number of hydrogen-bond donors (Lipinski definition) is 0. The fourth-order valence-corrected chi connectivity index (χ4v) is 4.12. The highest BCUT2D eigenvalue weighted by Crippen LogP contribution is 2.35. The predicted molar refractivity (Wildman–Crippen MR) is 90.9 cm³/mol. The van der Waals surface area contributed by atoms with Gasteiger partial charge in [-0.1, -0.05) is 6.42 Å². The standard InChI is InChI=1S/C18H30N4O/c1-20-9-5-8-15(18(20)16-11-19-13-22(16)3)12-21(2)17(23)10-14-6-4-7-14/h11,13-15,18H,4-10,12H2,1-3H3/t15-,18+/m0/s1. The number of carbonyl (C=O) groups is 1. The van der Waals surface area contributed by atoms with E-state index in [4.69, 9.17) is 0 Å². The van der Waals surface area contributed by atoms with E-state index >= 15 is 0 Å². The first-order chi connectivity index (χ1) is 11.1. The number of aryl methyl sites for hydroxylation is 1. The summed E-state index contributed by atoms with van der Waals surface area (Å²) in [6.07, 6.45) is 10.8. The Bertz CT molecular complexity index is 537. The van der Waals surface area contributed by atoms with Gasteiger partial charge in [0.25, 0.3) is 0 Å².